The van der Waals surface area contributed by atoms with Crippen LogP contribution in [-0.4, -0.2) is 18.4 Å². The molecular weight excluding hydrogens is 170 g/mol. The van der Waals surface area contributed by atoms with Crippen LogP contribution in [-0.2, 0) is 14.3 Å². The Morgan fingerprint density at radius 2 is 2.00 bits per heavy atom. The summed E-state index contributed by atoms with van der Waals surface area (Å²) in [7, 11) is 0. The van der Waals surface area contributed by atoms with Gasteiger partial charge in [-0.15, -0.1) is 0 Å². The average Bonchev–Trinajstić information content (AvgIpc) is 2.01. The highest BCUT2D eigenvalue weighted by atomic mass is 16.7. The first kappa shape index (κ1) is 11.7. The molecule has 0 saturated carbocycles. The monoisotopic (exact) mass is 183 g/mol. The van der Waals surface area contributed by atoms with Crippen LogP contribution in [0.25, 0.3) is 0 Å². The highest BCUT2D eigenvalue weighted by Gasteiger charge is 2.13. The molecule has 0 spiro atoms. The van der Waals surface area contributed by atoms with Crippen molar-refractivity contribution in [2.75, 3.05) is 0 Å². The molecule has 0 amide bonds. The Kier molecular flexibility index (Phi) is 4.78. The van der Waals surface area contributed by atoms with Crippen molar-refractivity contribution in [1.82, 2.24) is 0 Å². The molecule has 1 unspecified atom stereocenters. The maximum Gasteiger partial charge on any atom is 0.350 e. The van der Waals surface area contributed by atoms with E-state index in [1.165, 1.54) is 0 Å². The van der Waals surface area contributed by atoms with Gasteiger partial charge >= 0.3 is 5.97 Å². The van der Waals surface area contributed by atoms with E-state index in [4.69, 9.17) is 14.7 Å². The molecule has 0 aromatic carbocycles. The minimum Gasteiger partial charge on any atom is -0.432 e. The van der Waals surface area contributed by atoms with Gasteiger partial charge in [-0.05, 0) is 20.8 Å². The molecule has 0 heterocycles. The van der Waals surface area contributed by atoms with Gasteiger partial charge in [0.1, 0.15) is 11.6 Å². The van der Waals surface area contributed by atoms with E-state index in [-0.39, 0.29) is 11.7 Å². The molecule has 0 fully saturated rings. The minimum absolute atomic E-state index is 0.0295. The molecule has 13 heavy (non-hydrogen) atoms. The van der Waals surface area contributed by atoms with E-state index in [1.54, 1.807) is 13.0 Å². The molecule has 4 heteroatoms. The van der Waals surface area contributed by atoms with Crippen molar-refractivity contribution >= 4 is 5.97 Å². The van der Waals surface area contributed by atoms with Crippen molar-refractivity contribution in [3.63, 3.8) is 0 Å². The summed E-state index contributed by atoms with van der Waals surface area (Å²) in [4.78, 5) is 10.9. The van der Waals surface area contributed by atoms with E-state index in [0.717, 1.165) is 0 Å². The molecule has 0 radical (unpaired) electrons. The van der Waals surface area contributed by atoms with Crippen LogP contribution in [0.5, 0.6) is 0 Å². The predicted molar refractivity (Wildman–Crippen MR) is 46.5 cm³/mol. The molecule has 0 aliphatic carbocycles. The fourth-order valence-corrected chi connectivity index (χ4v) is 0.679. The molecule has 0 rings (SSSR count). The molecule has 0 aliphatic heterocycles. The Bertz CT molecular complexity index is 240. The van der Waals surface area contributed by atoms with Crippen molar-refractivity contribution in [3.05, 3.63) is 12.2 Å². The average molecular weight is 183 g/mol. The van der Waals surface area contributed by atoms with E-state index < -0.39 is 12.3 Å². The number of hydrogen-bond donors (Lipinski definition) is 0. The van der Waals surface area contributed by atoms with Crippen LogP contribution < -0.4 is 0 Å². The predicted octanol–water partition coefficient (Wildman–Crippen LogP) is 1.38. The lowest BCUT2D eigenvalue weighted by atomic mass is 10.3. The van der Waals surface area contributed by atoms with Crippen LogP contribution in [0, 0.1) is 11.3 Å². The number of rotatable bonds is 4. The lowest BCUT2D eigenvalue weighted by Crippen LogP contribution is -2.21. The second kappa shape index (κ2) is 5.33. The first-order valence-electron chi connectivity index (χ1n) is 3.92. The Labute approximate surface area is 77.8 Å². The van der Waals surface area contributed by atoms with Gasteiger partial charge in [-0.25, -0.2) is 4.79 Å². The Morgan fingerprint density at radius 3 is 2.38 bits per heavy atom. The van der Waals surface area contributed by atoms with Crippen molar-refractivity contribution in [1.29, 1.82) is 5.26 Å². The van der Waals surface area contributed by atoms with Crippen molar-refractivity contribution in [2.24, 2.45) is 0 Å². The van der Waals surface area contributed by atoms with E-state index >= 15 is 0 Å². The smallest absolute Gasteiger partial charge is 0.350 e. The van der Waals surface area contributed by atoms with E-state index in [2.05, 4.69) is 6.58 Å². The van der Waals surface area contributed by atoms with Gasteiger partial charge in [0.2, 0.25) is 6.29 Å². The molecule has 72 valence electrons. The van der Waals surface area contributed by atoms with Gasteiger partial charge in [0.05, 0.1) is 6.10 Å². The van der Waals surface area contributed by atoms with Crippen molar-refractivity contribution in [2.45, 2.75) is 33.2 Å². The third-order valence-electron chi connectivity index (χ3n) is 1.12. The second-order valence-corrected chi connectivity index (χ2v) is 2.75. The first-order valence-corrected chi connectivity index (χ1v) is 3.92. The van der Waals surface area contributed by atoms with E-state index in [0.29, 0.717) is 0 Å². The summed E-state index contributed by atoms with van der Waals surface area (Å²) in [6.07, 6.45) is -0.684. The van der Waals surface area contributed by atoms with Crippen molar-refractivity contribution < 1.29 is 14.3 Å². The Hall–Kier alpha value is -1.34. The highest BCUT2D eigenvalue weighted by molar-refractivity contribution is 5.91. The summed E-state index contributed by atoms with van der Waals surface area (Å²) in [6.45, 7) is 8.45. The van der Waals surface area contributed by atoms with Gasteiger partial charge in [0.25, 0.3) is 0 Å². The summed E-state index contributed by atoms with van der Waals surface area (Å²) in [5, 5.41) is 8.31. The van der Waals surface area contributed by atoms with Gasteiger partial charge in [0, 0.05) is 0 Å². The lowest BCUT2D eigenvalue weighted by Gasteiger charge is -2.15. The molecule has 0 N–H and O–H groups in total. The summed E-state index contributed by atoms with van der Waals surface area (Å²) in [5.41, 5.74) is -0.223. The standard InChI is InChI=1S/C9H13NO3/c1-6(2)12-8(4)13-9(11)7(3)5-10/h6,8H,3H2,1-2,4H3. The van der Waals surface area contributed by atoms with E-state index in [1.807, 2.05) is 13.8 Å². The maximum absolute atomic E-state index is 10.9. The third-order valence-corrected chi connectivity index (χ3v) is 1.12. The van der Waals surface area contributed by atoms with Crippen LogP contribution in [0.3, 0.4) is 0 Å². The van der Waals surface area contributed by atoms with Gasteiger partial charge in [-0.3, -0.25) is 0 Å². The summed E-state index contributed by atoms with van der Waals surface area (Å²) in [6, 6.07) is 1.60. The Balaban J connectivity index is 3.94. The number of nitrogens with zero attached hydrogens (tertiary/aromatic N) is 1. The second-order valence-electron chi connectivity index (χ2n) is 2.75. The molecule has 0 bridgehead atoms. The van der Waals surface area contributed by atoms with Gasteiger partial charge in [0.15, 0.2) is 0 Å². The van der Waals surface area contributed by atoms with Crippen LogP contribution in [0.2, 0.25) is 0 Å². The molecule has 0 aromatic heterocycles. The van der Waals surface area contributed by atoms with Crippen LogP contribution in [0.4, 0.5) is 0 Å². The molecule has 1 atom stereocenters. The molecule has 4 nitrogen and oxygen atoms in total. The lowest BCUT2D eigenvalue weighted by molar-refractivity contribution is -0.176. The van der Waals surface area contributed by atoms with Crippen molar-refractivity contribution in [3.8, 4) is 6.07 Å². The third kappa shape index (κ3) is 4.99. The first-order chi connectivity index (χ1) is 5.97. The summed E-state index contributed by atoms with van der Waals surface area (Å²) < 4.78 is 9.85. The number of carbonyl (C=O) groups is 1. The maximum atomic E-state index is 10.9. The van der Waals surface area contributed by atoms with Crippen LogP contribution in [0.15, 0.2) is 12.2 Å². The summed E-state index contributed by atoms with van der Waals surface area (Å²) in [5.74, 6) is -0.740. The quantitative estimate of drug-likeness (QED) is 0.286. The number of esters is 1. The highest BCUT2D eigenvalue weighted by Crippen LogP contribution is 2.02. The van der Waals surface area contributed by atoms with Gasteiger partial charge < -0.3 is 9.47 Å². The minimum atomic E-state index is -0.740. The molecular formula is C9H13NO3. The van der Waals surface area contributed by atoms with Crippen LogP contribution in [0.1, 0.15) is 20.8 Å². The zero-order chi connectivity index (χ0) is 10.4. The zero-order valence-corrected chi connectivity index (χ0v) is 8.03. The number of nitriles is 1. The fraction of sp³-hybridized carbons (Fsp3) is 0.556. The number of hydrogen-bond acceptors (Lipinski definition) is 4. The Morgan fingerprint density at radius 1 is 1.46 bits per heavy atom. The van der Waals surface area contributed by atoms with Gasteiger partial charge in [-0.1, -0.05) is 6.58 Å². The summed E-state index contributed by atoms with van der Waals surface area (Å²) >= 11 is 0. The molecule has 0 aromatic rings. The molecule has 0 aliphatic rings. The normalized spacial score (nSPS) is 11.9. The van der Waals surface area contributed by atoms with Crippen LogP contribution >= 0.6 is 0 Å². The van der Waals surface area contributed by atoms with E-state index in [9.17, 15) is 4.79 Å². The SMILES string of the molecule is C=C(C#N)C(=O)OC(C)OC(C)C. The number of ether oxygens (including phenoxy) is 2. The molecule has 0 saturated heterocycles. The van der Waals surface area contributed by atoms with Gasteiger partial charge in [-0.2, -0.15) is 5.26 Å². The topological polar surface area (TPSA) is 59.3 Å². The largest absolute Gasteiger partial charge is 0.432 e. The number of carbonyl (C=O) groups excluding carboxylic acids is 1. The fourth-order valence-electron chi connectivity index (χ4n) is 0.679. The zero-order valence-electron chi connectivity index (χ0n) is 8.03.